The number of nitrogens with one attached hydrogen (secondary N) is 3. The number of aromatic nitrogens is 5. The van der Waals surface area contributed by atoms with Crippen LogP contribution < -0.4 is 10.6 Å². The van der Waals surface area contributed by atoms with Crippen LogP contribution in [0.5, 0.6) is 0 Å². The third-order valence-corrected chi connectivity index (χ3v) is 5.81. The number of imidazole rings is 1. The van der Waals surface area contributed by atoms with E-state index in [9.17, 15) is 44.7 Å². The summed E-state index contributed by atoms with van der Waals surface area (Å²) in [5.41, 5.74) is 1.40. The van der Waals surface area contributed by atoms with Crippen molar-refractivity contribution in [2.24, 2.45) is 0 Å². The van der Waals surface area contributed by atoms with Crippen LogP contribution in [0.15, 0.2) is 24.4 Å². The summed E-state index contributed by atoms with van der Waals surface area (Å²) < 4.78 is 97.9. The molecular formula is C24H27F8N7O2. The van der Waals surface area contributed by atoms with Crippen molar-refractivity contribution in [3.63, 3.8) is 0 Å². The highest BCUT2D eigenvalue weighted by Gasteiger charge is 2.31. The van der Waals surface area contributed by atoms with E-state index in [1.54, 1.807) is 18.2 Å². The lowest BCUT2D eigenvalue weighted by molar-refractivity contribution is -0.145. The number of carbonyl (C=O) groups excluding carboxylic acids is 2. The standard InChI is InChI=1S/C18H17F6N7O2.C6H10F2/c19-17(20,21)4-3-15(32)25-6-10-1-2-11-12(5-10)29-14(28-11)8-26-16(33)13-7-27-31(30-13)9-18(22,23)24;7-6(8)4-2-1-3-5-6/h1-2,5,7H,3-4,6,8-9H2,(H,25,32)(H,26,33)(H,28,29);1-5H2. The maximum absolute atomic E-state index is 12.3. The highest BCUT2D eigenvalue weighted by Crippen LogP contribution is 2.32. The molecule has 0 saturated heterocycles. The third-order valence-electron chi connectivity index (χ3n) is 5.81. The first-order valence-corrected chi connectivity index (χ1v) is 12.5. The van der Waals surface area contributed by atoms with E-state index in [4.69, 9.17) is 0 Å². The molecule has 2 heterocycles. The summed E-state index contributed by atoms with van der Waals surface area (Å²) in [4.78, 5) is 31.1. The van der Waals surface area contributed by atoms with Gasteiger partial charge >= 0.3 is 12.4 Å². The number of benzene rings is 1. The fourth-order valence-electron chi connectivity index (χ4n) is 3.81. The molecule has 2 amide bonds. The third kappa shape index (κ3) is 11.3. The van der Waals surface area contributed by atoms with E-state index >= 15 is 0 Å². The summed E-state index contributed by atoms with van der Waals surface area (Å²) in [7, 11) is 0. The van der Waals surface area contributed by atoms with E-state index < -0.39 is 49.5 Å². The van der Waals surface area contributed by atoms with Crippen molar-refractivity contribution in [2.75, 3.05) is 0 Å². The molecule has 0 unspecified atom stereocenters. The van der Waals surface area contributed by atoms with Crippen molar-refractivity contribution in [1.29, 1.82) is 0 Å². The van der Waals surface area contributed by atoms with Crippen molar-refractivity contribution in [2.45, 2.75) is 82.9 Å². The van der Waals surface area contributed by atoms with Crippen LogP contribution in [0.25, 0.3) is 11.0 Å². The number of aromatic amines is 1. The normalized spacial score (nSPS) is 15.2. The number of H-pyrrole nitrogens is 1. The smallest absolute Gasteiger partial charge is 0.352 e. The van der Waals surface area contributed by atoms with Gasteiger partial charge in [-0.1, -0.05) is 12.5 Å². The van der Waals surface area contributed by atoms with Crippen molar-refractivity contribution in [1.82, 2.24) is 35.6 Å². The Balaban J connectivity index is 0.000000496. The van der Waals surface area contributed by atoms with Crippen molar-refractivity contribution < 1.29 is 44.7 Å². The second-order valence-corrected chi connectivity index (χ2v) is 9.40. The second-order valence-electron chi connectivity index (χ2n) is 9.40. The molecule has 0 spiro atoms. The number of amides is 2. The molecule has 4 rings (SSSR count). The monoisotopic (exact) mass is 597 g/mol. The zero-order valence-corrected chi connectivity index (χ0v) is 21.5. The van der Waals surface area contributed by atoms with Crippen LogP contribution in [-0.4, -0.2) is 55.1 Å². The molecule has 1 aliphatic rings. The van der Waals surface area contributed by atoms with E-state index in [0.717, 1.165) is 12.6 Å². The Morgan fingerprint density at radius 1 is 0.976 bits per heavy atom. The lowest BCUT2D eigenvalue weighted by Crippen LogP contribution is -2.25. The lowest BCUT2D eigenvalue weighted by Gasteiger charge is -2.20. The Labute approximate surface area is 228 Å². The van der Waals surface area contributed by atoms with Gasteiger partial charge in [0, 0.05) is 25.8 Å². The van der Waals surface area contributed by atoms with Gasteiger partial charge in [0.2, 0.25) is 11.8 Å². The number of rotatable bonds is 8. The molecule has 9 nitrogen and oxygen atoms in total. The van der Waals surface area contributed by atoms with E-state index in [1.807, 2.05) is 0 Å². The predicted molar refractivity (Wildman–Crippen MR) is 129 cm³/mol. The van der Waals surface area contributed by atoms with Crippen molar-refractivity contribution in [3.8, 4) is 0 Å². The number of halogens is 8. The Bertz CT molecular complexity index is 1310. The van der Waals surface area contributed by atoms with Crippen LogP contribution >= 0.6 is 0 Å². The summed E-state index contributed by atoms with van der Waals surface area (Å²) in [6.45, 7) is -1.48. The number of fused-ring (bicyclic) bond motifs is 1. The molecule has 0 atom stereocenters. The molecule has 2 aromatic heterocycles. The summed E-state index contributed by atoms with van der Waals surface area (Å²) in [5.74, 6) is -3.45. The van der Waals surface area contributed by atoms with Gasteiger partial charge in [0.25, 0.3) is 5.91 Å². The first-order chi connectivity index (χ1) is 19.1. The molecule has 226 valence electrons. The maximum Gasteiger partial charge on any atom is 0.409 e. The van der Waals surface area contributed by atoms with Gasteiger partial charge in [0.05, 0.1) is 30.2 Å². The van der Waals surface area contributed by atoms with Crippen molar-refractivity contribution in [3.05, 3.63) is 41.5 Å². The Morgan fingerprint density at radius 2 is 1.68 bits per heavy atom. The average Bonchev–Trinajstić information content (AvgIpc) is 3.50. The molecule has 1 aliphatic carbocycles. The van der Waals surface area contributed by atoms with Crippen LogP contribution in [-0.2, 0) is 24.4 Å². The van der Waals surface area contributed by atoms with Gasteiger partial charge in [-0.2, -0.15) is 36.2 Å². The molecular weight excluding hydrogens is 570 g/mol. The summed E-state index contributed by atoms with van der Waals surface area (Å²) in [6, 6.07) is 4.89. The SMILES string of the molecule is FC1(F)CCCCC1.O=C(CCC(F)(F)F)NCc1ccc2nc(CNC(=O)c3cnn(CC(F)(F)F)n3)[nH]c2c1. The molecule has 3 N–H and O–H groups in total. The number of carbonyl (C=O) groups is 2. The first-order valence-electron chi connectivity index (χ1n) is 12.5. The van der Waals surface area contributed by atoms with E-state index in [0.29, 0.717) is 40.1 Å². The zero-order valence-electron chi connectivity index (χ0n) is 21.5. The predicted octanol–water partition coefficient (Wildman–Crippen LogP) is 5.19. The molecule has 0 aliphatic heterocycles. The second kappa shape index (κ2) is 13.2. The largest absolute Gasteiger partial charge is 0.409 e. The Hall–Kier alpha value is -3.79. The van der Waals surface area contributed by atoms with E-state index in [-0.39, 0.29) is 31.6 Å². The average molecular weight is 598 g/mol. The molecule has 1 aromatic carbocycles. The van der Waals surface area contributed by atoms with Crippen LogP contribution in [0.4, 0.5) is 35.1 Å². The number of hydrogen-bond acceptors (Lipinski definition) is 5. The fourth-order valence-corrected chi connectivity index (χ4v) is 3.81. The summed E-state index contributed by atoms with van der Waals surface area (Å²) >= 11 is 0. The quantitative estimate of drug-likeness (QED) is 0.309. The Kier molecular flexibility index (Phi) is 10.3. The van der Waals surface area contributed by atoms with E-state index in [1.165, 1.54) is 0 Å². The van der Waals surface area contributed by atoms with Gasteiger partial charge in [0.1, 0.15) is 5.82 Å². The summed E-state index contributed by atoms with van der Waals surface area (Å²) in [5, 5.41) is 11.7. The number of nitrogens with zero attached hydrogens (tertiary/aromatic N) is 4. The fraction of sp³-hybridized carbons (Fsp3) is 0.542. The Morgan fingerprint density at radius 3 is 2.29 bits per heavy atom. The van der Waals surface area contributed by atoms with Gasteiger partial charge in [-0.25, -0.2) is 13.8 Å². The van der Waals surface area contributed by atoms with Crippen LogP contribution in [0.2, 0.25) is 0 Å². The topological polar surface area (TPSA) is 118 Å². The molecule has 17 heteroatoms. The van der Waals surface area contributed by atoms with Gasteiger partial charge in [-0.15, -0.1) is 5.10 Å². The maximum atomic E-state index is 12.3. The molecule has 1 saturated carbocycles. The van der Waals surface area contributed by atoms with Gasteiger partial charge in [-0.05, 0) is 30.5 Å². The zero-order chi connectivity index (χ0) is 30.3. The molecule has 0 radical (unpaired) electrons. The lowest BCUT2D eigenvalue weighted by atomic mass is 9.97. The summed E-state index contributed by atoms with van der Waals surface area (Å²) in [6.07, 6.45) is -7.22. The minimum atomic E-state index is -4.52. The minimum absolute atomic E-state index is 0.0192. The highest BCUT2D eigenvalue weighted by atomic mass is 19.4. The number of hydrogen-bond donors (Lipinski definition) is 3. The van der Waals surface area contributed by atoms with Gasteiger partial charge in [0.15, 0.2) is 12.2 Å². The first kappa shape index (κ1) is 31.7. The highest BCUT2D eigenvalue weighted by molar-refractivity contribution is 5.91. The van der Waals surface area contributed by atoms with Crippen molar-refractivity contribution >= 4 is 22.8 Å². The number of alkyl halides is 8. The molecule has 3 aromatic rings. The molecule has 41 heavy (non-hydrogen) atoms. The molecule has 1 fully saturated rings. The minimum Gasteiger partial charge on any atom is -0.352 e. The van der Waals surface area contributed by atoms with Gasteiger partial charge in [-0.3, -0.25) is 9.59 Å². The van der Waals surface area contributed by atoms with Gasteiger partial charge < -0.3 is 15.6 Å². The van der Waals surface area contributed by atoms with E-state index in [2.05, 4.69) is 30.8 Å². The van der Waals surface area contributed by atoms with Crippen LogP contribution in [0, 0.1) is 0 Å². The van der Waals surface area contributed by atoms with Crippen LogP contribution in [0.3, 0.4) is 0 Å². The van der Waals surface area contributed by atoms with Crippen LogP contribution in [0.1, 0.15) is 66.8 Å². The molecule has 0 bridgehead atoms.